The molecule has 1 atom stereocenters. The van der Waals surface area contributed by atoms with Gasteiger partial charge in [-0.2, -0.15) is 0 Å². The predicted molar refractivity (Wildman–Crippen MR) is 344 cm³/mol. The second-order valence-corrected chi connectivity index (χ2v) is 24.9. The third-order valence-electron chi connectivity index (χ3n) is 16.8. The van der Waals surface area contributed by atoms with Crippen LogP contribution in [-0.4, -0.2) is 37.2 Å². The monoisotopic (exact) mass is 1110 g/mol. The van der Waals surface area contributed by atoms with Gasteiger partial charge >= 0.3 is 17.9 Å². The highest BCUT2D eigenvalue weighted by Gasteiger charge is 2.19. The molecule has 79 heavy (non-hydrogen) atoms. The minimum Gasteiger partial charge on any atom is -0.462 e. The van der Waals surface area contributed by atoms with Crippen molar-refractivity contribution in [3.63, 3.8) is 0 Å². The van der Waals surface area contributed by atoms with E-state index in [1.165, 1.54) is 315 Å². The van der Waals surface area contributed by atoms with E-state index in [-0.39, 0.29) is 31.1 Å². The fourth-order valence-corrected chi connectivity index (χ4v) is 11.3. The lowest BCUT2D eigenvalue weighted by molar-refractivity contribution is -0.167. The molecule has 0 N–H and O–H groups in total. The summed E-state index contributed by atoms with van der Waals surface area (Å²) in [6.07, 6.45) is 82.7. The van der Waals surface area contributed by atoms with Crippen LogP contribution in [0.4, 0.5) is 0 Å². The Morgan fingerprint density at radius 2 is 0.418 bits per heavy atom. The van der Waals surface area contributed by atoms with Crippen LogP contribution in [0.1, 0.15) is 419 Å². The second kappa shape index (κ2) is 68.6. The van der Waals surface area contributed by atoms with Gasteiger partial charge in [-0.25, -0.2) is 0 Å². The van der Waals surface area contributed by atoms with Gasteiger partial charge in [0, 0.05) is 19.3 Å². The van der Waals surface area contributed by atoms with E-state index in [0.717, 1.165) is 64.2 Å². The molecule has 0 rings (SSSR count). The van der Waals surface area contributed by atoms with E-state index in [1.54, 1.807) is 0 Å². The van der Waals surface area contributed by atoms with Gasteiger partial charge in [-0.1, -0.05) is 367 Å². The largest absolute Gasteiger partial charge is 0.462 e. The quantitative estimate of drug-likeness (QED) is 0.0261. The zero-order chi connectivity index (χ0) is 57.1. The van der Waals surface area contributed by atoms with Crippen molar-refractivity contribution in [1.82, 2.24) is 0 Å². The molecule has 0 aliphatic rings. The summed E-state index contributed by atoms with van der Waals surface area (Å²) < 4.78 is 16.9. The van der Waals surface area contributed by atoms with E-state index in [9.17, 15) is 14.4 Å². The lowest BCUT2D eigenvalue weighted by Crippen LogP contribution is -2.30. The number of hydrogen-bond donors (Lipinski definition) is 0. The summed E-state index contributed by atoms with van der Waals surface area (Å²) >= 11 is 0. The first-order chi connectivity index (χ1) is 39.0. The number of carbonyl (C=O) groups is 3. The van der Waals surface area contributed by atoms with E-state index in [4.69, 9.17) is 14.2 Å². The molecule has 0 aromatic carbocycles. The van der Waals surface area contributed by atoms with E-state index in [2.05, 4.69) is 32.9 Å². The Hall–Kier alpha value is -1.85. The number of allylic oxidation sites excluding steroid dienone is 2. The van der Waals surface area contributed by atoms with Gasteiger partial charge < -0.3 is 14.2 Å². The van der Waals surface area contributed by atoms with Crippen LogP contribution in [0, 0.1) is 0 Å². The highest BCUT2D eigenvalue weighted by Crippen LogP contribution is 2.19. The van der Waals surface area contributed by atoms with Crippen molar-refractivity contribution < 1.29 is 28.6 Å². The van der Waals surface area contributed by atoms with Crippen LogP contribution >= 0.6 is 0 Å². The van der Waals surface area contributed by atoms with Gasteiger partial charge in [0.1, 0.15) is 13.2 Å². The predicted octanol–water partition coefficient (Wildman–Crippen LogP) is 24.8. The van der Waals surface area contributed by atoms with Gasteiger partial charge in [-0.05, 0) is 44.9 Å². The van der Waals surface area contributed by atoms with Crippen molar-refractivity contribution in [3.8, 4) is 0 Å². The van der Waals surface area contributed by atoms with Gasteiger partial charge in [0.15, 0.2) is 6.10 Å². The molecule has 0 aromatic rings. The summed E-state index contributed by atoms with van der Waals surface area (Å²) in [5.41, 5.74) is 0. The Balaban J connectivity index is 4.02. The van der Waals surface area contributed by atoms with Crippen molar-refractivity contribution in [1.29, 1.82) is 0 Å². The number of rotatable bonds is 68. The molecule has 0 heterocycles. The van der Waals surface area contributed by atoms with E-state index < -0.39 is 6.10 Å². The SMILES string of the molecule is CCCCCCC/C=C\CCCCCCCC(=O)OC(COC(=O)CCCCCCCCCCCCCCC)COC(=O)CCCCCCCCCCCCCCCCCCCCCCCCCCCCCCCCCCCC. The van der Waals surface area contributed by atoms with Crippen LogP contribution < -0.4 is 0 Å². The molecular weight excluding hydrogens is 973 g/mol. The molecule has 468 valence electrons. The van der Waals surface area contributed by atoms with Gasteiger partial charge in [0.2, 0.25) is 0 Å². The first-order valence-electron chi connectivity index (χ1n) is 36.2. The van der Waals surface area contributed by atoms with Gasteiger partial charge in [-0.15, -0.1) is 0 Å². The average molecular weight is 1110 g/mol. The Labute approximate surface area is 494 Å². The highest BCUT2D eigenvalue weighted by molar-refractivity contribution is 5.71. The van der Waals surface area contributed by atoms with Gasteiger partial charge in [-0.3, -0.25) is 14.4 Å². The summed E-state index contributed by atoms with van der Waals surface area (Å²) in [7, 11) is 0. The molecule has 0 aliphatic heterocycles. The Kier molecular flexibility index (Phi) is 67.0. The van der Waals surface area contributed by atoms with Crippen molar-refractivity contribution >= 4 is 17.9 Å². The maximum absolute atomic E-state index is 12.9. The van der Waals surface area contributed by atoms with Crippen LogP contribution in [0.2, 0.25) is 0 Å². The summed E-state index contributed by atoms with van der Waals surface area (Å²) in [6, 6.07) is 0. The molecule has 0 saturated heterocycles. The highest BCUT2D eigenvalue weighted by atomic mass is 16.6. The average Bonchev–Trinajstić information content (AvgIpc) is 3.45. The number of hydrogen-bond acceptors (Lipinski definition) is 6. The molecule has 0 aromatic heterocycles. The summed E-state index contributed by atoms with van der Waals surface area (Å²) in [5, 5.41) is 0. The standard InChI is InChI=1S/C73H140O6/c1-4-7-10-13-16-19-22-25-27-28-29-30-31-32-33-34-35-36-37-38-39-40-41-42-43-44-45-46-49-51-54-57-60-63-66-72(75)78-69-70(68-77-71(74)65-62-59-56-53-50-47-24-21-18-15-12-9-6-3)79-73(76)67-64-61-58-55-52-48-26-23-20-17-14-11-8-5-2/h23,26,70H,4-22,24-25,27-69H2,1-3H3/b26-23-. The number of esters is 3. The molecule has 0 fully saturated rings. The minimum absolute atomic E-state index is 0.0669. The Morgan fingerprint density at radius 3 is 0.633 bits per heavy atom. The molecule has 6 nitrogen and oxygen atoms in total. The molecule has 0 spiro atoms. The van der Waals surface area contributed by atoms with Crippen LogP contribution in [0.25, 0.3) is 0 Å². The Morgan fingerprint density at radius 1 is 0.241 bits per heavy atom. The zero-order valence-electron chi connectivity index (χ0n) is 53.9. The summed E-state index contributed by atoms with van der Waals surface area (Å²) in [5.74, 6) is -0.844. The number of unbranched alkanes of at least 4 members (excludes halogenated alkanes) is 55. The summed E-state index contributed by atoms with van der Waals surface area (Å²) in [4.78, 5) is 38.3. The zero-order valence-corrected chi connectivity index (χ0v) is 53.9. The molecule has 0 radical (unpaired) electrons. The third-order valence-corrected chi connectivity index (χ3v) is 16.8. The van der Waals surface area contributed by atoms with Crippen molar-refractivity contribution in [3.05, 3.63) is 12.2 Å². The first-order valence-corrected chi connectivity index (χ1v) is 36.2. The van der Waals surface area contributed by atoms with E-state index >= 15 is 0 Å². The van der Waals surface area contributed by atoms with Gasteiger partial charge in [0.05, 0.1) is 0 Å². The van der Waals surface area contributed by atoms with Crippen molar-refractivity contribution in [2.45, 2.75) is 425 Å². The van der Waals surface area contributed by atoms with Gasteiger partial charge in [0.25, 0.3) is 0 Å². The lowest BCUT2D eigenvalue weighted by atomic mass is 10.0. The van der Waals surface area contributed by atoms with Crippen LogP contribution in [0.15, 0.2) is 12.2 Å². The molecule has 0 amide bonds. The van der Waals surface area contributed by atoms with Crippen LogP contribution in [0.5, 0.6) is 0 Å². The summed E-state index contributed by atoms with van der Waals surface area (Å²) in [6.45, 7) is 6.70. The van der Waals surface area contributed by atoms with E-state index in [1.807, 2.05) is 0 Å². The second-order valence-electron chi connectivity index (χ2n) is 24.9. The lowest BCUT2D eigenvalue weighted by Gasteiger charge is -2.18. The van der Waals surface area contributed by atoms with Crippen molar-refractivity contribution in [2.24, 2.45) is 0 Å². The van der Waals surface area contributed by atoms with Crippen LogP contribution in [0.3, 0.4) is 0 Å². The van der Waals surface area contributed by atoms with Crippen LogP contribution in [-0.2, 0) is 28.6 Å². The molecule has 1 unspecified atom stereocenters. The molecule has 0 aliphatic carbocycles. The topological polar surface area (TPSA) is 78.9 Å². The smallest absolute Gasteiger partial charge is 0.306 e. The van der Waals surface area contributed by atoms with Crippen molar-refractivity contribution in [2.75, 3.05) is 13.2 Å². The fourth-order valence-electron chi connectivity index (χ4n) is 11.3. The maximum atomic E-state index is 12.9. The number of carbonyl (C=O) groups excluding carboxylic acids is 3. The third kappa shape index (κ3) is 66.8. The fraction of sp³-hybridized carbons (Fsp3) is 0.932. The molecule has 6 heteroatoms. The first kappa shape index (κ1) is 77.2. The maximum Gasteiger partial charge on any atom is 0.306 e. The van der Waals surface area contributed by atoms with E-state index in [0.29, 0.717) is 19.3 Å². The number of ether oxygens (including phenoxy) is 3. The normalized spacial score (nSPS) is 12.0. The minimum atomic E-state index is -0.770. The Bertz CT molecular complexity index is 1230. The molecule has 0 saturated carbocycles. The molecule has 0 bridgehead atoms. The molecular formula is C73H140O6.